The third kappa shape index (κ3) is 2.77. The molecule has 0 aliphatic rings. The number of allylic oxidation sites excluding steroid dienone is 1. The lowest BCUT2D eigenvalue weighted by Crippen LogP contribution is -1.99. The van der Waals surface area contributed by atoms with Crippen LogP contribution in [0.2, 0.25) is 0 Å². The molecule has 2 aromatic carbocycles. The Labute approximate surface area is 167 Å². The van der Waals surface area contributed by atoms with Crippen LogP contribution in [0.3, 0.4) is 0 Å². The Morgan fingerprint density at radius 3 is 2.52 bits per heavy atom. The summed E-state index contributed by atoms with van der Waals surface area (Å²) in [5.41, 5.74) is 6.01. The second kappa shape index (κ2) is 6.60. The molecule has 5 aromatic rings. The van der Waals surface area contributed by atoms with E-state index in [1.54, 1.807) is 23.0 Å². The van der Waals surface area contributed by atoms with Crippen molar-refractivity contribution in [1.82, 2.24) is 24.0 Å². The van der Waals surface area contributed by atoms with Crippen LogP contribution in [0.15, 0.2) is 73.1 Å². The zero-order chi connectivity index (χ0) is 20.0. The maximum absolute atomic E-state index is 13.0. The summed E-state index contributed by atoms with van der Waals surface area (Å²) in [6, 6.07) is 17.9. The van der Waals surface area contributed by atoms with Crippen molar-refractivity contribution < 1.29 is 4.79 Å². The van der Waals surface area contributed by atoms with Gasteiger partial charge < -0.3 is 4.57 Å². The van der Waals surface area contributed by atoms with Gasteiger partial charge in [-0.15, -0.1) is 0 Å². The van der Waals surface area contributed by atoms with Gasteiger partial charge in [-0.3, -0.25) is 4.79 Å². The lowest BCUT2D eigenvalue weighted by Gasteiger charge is -1.99. The van der Waals surface area contributed by atoms with Gasteiger partial charge in [0.25, 0.3) is 0 Å². The number of ketones is 1. The molecule has 29 heavy (non-hydrogen) atoms. The Kier molecular flexibility index (Phi) is 3.91. The fraction of sp³-hybridized carbons (Fsp3) is 0.0870. The zero-order valence-electron chi connectivity index (χ0n) is 16.1. The van der Waals surface area contributed by atoms with E-state index < -0.39 is 0 Å². The van der Waals surface area contributed by atoms with Gasteiger partial charge in [0.1, 0.15) is 5.65 Å². The largest absolute Gasteiger partial charge is 0.327 e. The Bertz CT molecular complexity index is 1390. The normalized spacial score (nSPS) is 11.8. The Hall–Kier alpha value is -3.93. The highest BCUT2D eigenvalue weighted by Crippen LogP contribution is 2.25. The molecule has 0 unspecified atom stereocenters. The van der Waals surface area contributed by atoms with Gasteiger partial charge in [0.05, 0.1) is 34.2 Å². The summed E-state index contributed by atoms with van der Waals surface area (Å²) in [5, 5.41) is 8.98. The van der Waals surface area contributed by atoms with Crippen molar-refractivity contribution in [2.45, 2.75) is 6.92 Å². The maximum Gasteiger partial charge on any atom is 0.191 e. The number of rotatable bonds is 4. The number of carbonyl (C=O) groups excluding carboxylic acids is 1. The van der Waals surface area contributed by atoms with E-state index in [1.807, 2.05) is 83.8 Å². The van der Waals surface area contributed by atoms with Crippen LogP contribution in [-0.4, -0.2) is 29.7 Å². The van der Waals surface area contributed by atoms with Gasteiger partial charge in [0.15, 0.2) is 5.78 Å². The van der Waals surface area contributed by atoms with Gasteiger partial charge >= 0.3 is 0 Å². The van der Waals surface area contributed by atoms with E-state index in [4.69, 9.17) is 0 Å². The SMILES string of the molecule is Cc1nn2c3ccccc3n(C)c2c1C(=O)C=Cc1cnn(-c2ccccc2)c1. The van der Waals surface area contributed by atoms with Crippen molar-refractivity contribution >= 4 is 28.5 Å². The lowest BCUT2D eigenvalue weighted by atomic mass is 10.1. The van der Waals surface area contributed by atoms with E-state index in [2.05, 4.69) is 10.2 Å². The fourth-order valence-electron chi connectivity index (χ4n) is 3.72. The molecule has 0 bridgehead atoms. The molecule has 0 fully saturated rings. The first-order valence-electron chi connectivity index (χ1n) is 9.39. The average molecular weight is 381 g/mol. The number of aryl methyl sites for hydroxylation is 2. The lowest BCUT2D eigenvalue weighted by molar-refractivity contribution is 0.104. The highest BCUT2D eigenvalue weighted by atomic mass is 16.1. The van der Waals surface area contributed by atoms with Crippen molar-refractivity contribution in [3.63, 3.8) is 0 Å². The smallest absolute Gasteiger partial charge is 0.191 e. The molecular weight excluding hydrogens is 362 g/mol. The molecule has 6 nitrogen and oxygen atoms in total. The van der Waals surface area contributed by atoms with Crippen LogP contribution in [0.25, 0.3) is 28.4 Å². The number of fused-ring (bicyclic) bond motifs is 3. The minimum absolute atomic E-state index is 0.0733. The second-order valence-corrected chi connectivity index (χ2v) is 6.99. The molecule has 0 radical (unpaired) electrons. The van der Waals surface area contributed by atoms with E-state index >= 15 is 0 Å². The molecule has 0 saturated carbocycles. The van der Waals surface area contributed by atoms with Gasteiger partial charge in [0.2, 0.25) is 0 Å². The summed E-state index contributed by atoms with van der Waals surface area (Å²) in [7, 11) is 1.96. The summed E-state index contributed by atoms with van der Waals surface area (Å²) in [5.74, 6) is -0.0733. The molecule has 0 aliphatic heterocycles. The van der Waals surface area contributed by atoms with Gasteiger partial charge in [-0.25, -0.2) is 9.20 Å². The number of nitrogens with zero attached hydrogens (tertiary/aromatic N) is 5. The van der Waals surface area contributed by atoms with Gasteiger partial charge in [-0.05, 0) is 43.3 Å². The van der Waals surface area contributed by atoms with Crippen LogP contribution in [0.4, 0.5) is 0 Å². The molecule has 0 N–H and O–H groups in total. The third-order valence-corrected chi connectivity index (χ3v) is 5.12. The van der Waals surface area contributed by atoms with E-state index in [9.17, 15) is 4.79 Å². The van der Waals surface area contributed by atoms with E-state index in [0.717, 1.165) is 33.6 Å². The first-order chi connectivity index (χ1) is 14.1. The molecule has 5 rings (SSSR count). The standard InChI is InChI=1S/C23H19N5O/c1-16-22(23-26(2)19-10-6-7-11-20(19)28(23)25-16)21(29)13-12-17-14-24-27(15-17)18-8-4-3-5-9-18/h3-15H,1-2H3. The number of hydrogen-bond donors (Lipinski definition) is 0. The Balaban J connectivity index is 1.51. The van der Waals surface area contributed by atoms with Gasteiger partial charge in [-0.1, -0.05) is 30.3 Å². The minimum atomic E-state index is -0.0733. The highest BCUT2D eigenvalue weighted by molar-refractivity contribution is 6.12. The van der Waals surface area contributed by atoms with Crippen molar-refractivity contribution in [3.8, 4) is 5.69 Å². The second-order valence-electron chi connectivity index (χ2n) is 6.99. The van der Waals surface area contributed by atoms with Crippen LogP contribution in [0.1, 0.15) is 21.6 Å². The van der Waals surface area contributed by atoms with Crippen molar-refractivity contribution in [3.05, 3.63) is 89.9 Å². The third-order valence-electron chi connectivity index (χ3n) is 5.12. The first-order valence-corrected chi connectivity index (χ1v) is 9.39. The van der Waals surface area contributed by atoms with Gasteiger partial charge in [-0.2, -0.15) is 10.2 Å². The molecule has 0 aliphatic carbocycles. The monoisotopic (exact) mass is 381 g/mol. The topological polar surface area (TPSA) is 57.1 Å². The minimum Gasteiger partial charge on any atom is -0.327 e. The summed E-state index contributed by atoms with van der Waals surface area (Å²) in [4.78, 5) is 13.0. The zero-order valence-corrected chi connectivity index (χ0v) is 16.1. The molecule has 6 heteroatoms. The van der Waals surface area contributed by atoms with Crippen molar-refractivity contribution in [1.29, 1.82) is 0 Å². The average Bonchev–Trinajstić information content (AvgIpc) is 3.42. The number of imidazole rings is 1. The van der Waals surface area contributed by atoms with Crippen LogP contribution < -0.4 is 0 Å². The van der Waals surface area contributed by atoms with E-state index in [0.29, 0.717) is 5.56 Å². The fourth-order valence-corrected chi connectivity index (χ4v) is 3.72. The Morgan fingerprint density at radius 2 is 1.72 bits per heavy atom. The molecule has 3 heterocycles. The van der Waals surface area contributed by atoms with Crippen LogP contribution >= 0.6 is 0 Å². The van der Waals surface area contributed by atoms with E-state index in [1.165, 1.54) is 0 Å². The molecule has 142 valence electrons. The number of benzene rings is 2. The summed E-state index contributed by atoms with van der Waals surface area (Å²) in [6.07, 6.45) is 7.03. The molecule has 0 amide bonds. The summed E-state index contributed by atoms with van der Waals surface area (Å²) < 4.78 is 5.65. The highest BCUT2D eigenvalue weighted by Gasteiger charge is 2.20. The molecule has 0 saturated heterocycles. The number of hydrogen-bond acceptors (Lipinski definition) is 3. The maximum atomic E-state index is 13.0. The van der Waals surface area contributed by atoms with Gasteiger partial charge in [0, 0.05) is 18.8 Å². The number of para-hydroxylation sites is 3. The molecule has 0 atom stereocenters. The van der Waals surface area contributed by atoms with Crippen molar-refractivity contribution in [2.24, 2.45) is 7.05 Å². The summed E-state index contributed by atoms with van der Waals surface area (Å²) in [6.45, 7) is 1.87. The molecule has 3 aromatic heterocycles. The molecular formula is C23H19N5O. The number of carbonyl (C=O) groups is 1. The summed E-state index contributed by atoms with van der Waals surface area (Å²) >= 11 is 0. The predicted octanol–water partition coefficient (Wildman–Crippen LogP) is 4.22. The van der Waals surface area contributed by atoms with Crippen LogP contribution in [-0.2, 0) is 7.05 Å². The van der Waals surface area contributed by atoms with Crippen molar-refractivity contribution in [2.75, 3.05) is 0 Å². The first kappa shape index (κ1) is 17.2. The predicted molar refractivity (Wildman–Crippen MR) is 113 cm³/mol. The van der Waals surface area contributed by atoms with Crippen LogP contribution in [0, 0.1) is 6.92 Å². The van der Waals surface area contributed by atoms with Crippen LogP contribution in [0.5, 0.6) is 0 Å². The molecule has 0 spiro atoms. The number of aromatic nitrogens is 5. The quantitative estimate of drug-likeness (QED) is 0.346. The van der Waals surface area contributed by atoms with E-state index in [-0.39, 0.29) is 5.78 Å². The Morgan fingerprint density at radius 1 is 1.00 bits per heavy atom.